The van der Waals surface area contributed by atoms with E-state index in [0.717, 1.165) is 37.0 Å². The highest BCUT2D eigenvalue weighted by Gasteiger charge is 2.51. The lowest BCUT2D eigenvalue weighted by Gasteiger charge is -2.56. The lowest BCUT2D eigenvalue weighted by Crippen LogP contribution is -2.60. The van der Waals surface area contributed by atoms with Gasteiger partial charge < -0.3 is 10.1 Å². The summed E-state index contributed by atoms with van der Waals surface area (Å²) >= 11 is 9.23. The number of hydrazone groups is 1. The van der Waals surface area contributed by atoms with E-state index in [4.69, 9.17) is 16.3 Å². The number of carbonyl (C=O) groups excluding carboxylic acids is 2. The van der Waals surface area contributed by atoms with Gasteiger partial charge in [-0.25, -0.2) is 5.43 Å². The van der Waals surface area contributed by atoms with Crippen LogP contribution in [0.4, 0.5) is 0 Å². The minimum Gasteiger partial charge on any atom is -0.483 e. The largest absolute Gasteiger partial charge is 0.483 e. The second kappa shape index (κ2) is 8.87. The minimum absolute atomic E-state index is 0.00479. The molecule has 4 fully saturated rings. The summed E-state index contributed by atoms with van der Waals surface area (Å²) in [6.07, 6.45) is 7.58. The van der Waals surface area contributed by atoms with E-state index in [1.807, 2.05) is 0 Å². The fourth-order valence-corrected chi connectivity index (χ4v) is 6.60. The standard InChI is InChI=1S/C22H27BrClN3O3/c1-13(26-27-21(29)12-30-19-3-2-17(24)8-18(19)23)4-20(28)25-22-9-14-5-15(10-22)7-16(6-14)11-22/h2-3,8,14-16H,4-7,9-12H2,1H3,(H,25,28)(H,27,29). The van der Waals surface area contributed by atoms with E-state index in [2.05, 4.69) is 31.8 Å². The summed E-state index contributed by atoms with van der Waals surface area (Å²) in [5, 5.41) is 7.95. The van der Waals surface area contributed by atoms with Gasteiger partial charge in [0, 0.05) is 16.3 Å². The van der Waals surface area contributed by atoms with Crippen molar-refractivity contribution in [1.29, 1.82) is 0 Å². The summed E-state index contributed by atoms with van der Waals surface area (Å²) in [5.41, 5.74) is 3.01. The average molecular weight is 497 g/mol. The van der Waals surface area contributed by atoms with Crippen LogP contribution in [0.15, 0.2) is 27.8 Å². The van der Waals surface area contributed by atoms with Crippen LogP contribution in [-0.2, 0) is 9.59 Å². The van der Waals surface area contributed by atoms with Crippen LogP contribution in [-0.4, -0.2) is 29.7 Å². The molecule has 6 nitrogen and oxygen atoms in total. The van der Waals surface area contributed by atoms with Crippen molar-refractivity contribution in [2.75, 3.05) is 6.61 Å². The molecule has 0 unspecified atom stereocenters. The molecule has 4 saturated carbocycles. The Morgan fingerprint density at radius 2 is 1.80 bits per heavy atom. The van der Waals surface area contributed by atoms with E-state index in [1.165, 1.54) is 19.3 Å². The Balaban J connectivity index is 1.23. The predicted molar refractivity (Wildman–Crippen MR) is 120 cm³/mol. The van der Waals surface area contributed by atoms with Crippen molar-refractivity contribution in [2.45, 2.75) is 57.4 Å². The van der Waals surface area contributed by atoms with Gasteiger partial charge in [-0.15, -0.1) is 0 Å². The van der Waals surface area contributed by atoms with Gasteiger partial charge in [0.15, 0.2) is 6.61 Å². The lowest BCUT2D eigenvalue weighted by atomic mass is 9.53. The van der Waals surface area contributed by atoms with Crippen LogP contribution in [0.2, 0.25) is 5.02 Å². The molecule has 4 aliphatic carbocycles. The zero-order valence-corrected chi connectivity index (χ0v) is 19.4. The quantitative estimate of drug-likeness (QED) is 0.432. The summed E-state index contributed by atoms with van der Waals surface area (Å²) in [5.74, 6) is 2.47. The zero-order chi connectivity index (χ0) is 21.3. The third-order valence-electron chi connectivity index (χ3n) is 6.48. The molecule has 4 aliphatic rings. The molecular weight excluding hydrogens is 470 g/mol. The first-order valence-electron chi connectivity index (χ1n) is 10.5. The highest BCUT2D eigenvalue weighted by molar-refractivity contribution is 9.10. The Morgan fingerprint density at radius 3 is 2.40 bits per heavy atom. The molecule has 1 aromatic rings. The number of amides is 2. The lowest BCUT2D eigenvalue weighted by molar-refractivity contribution is -0.126. The predicted octanol–water partition coefficient (Wildman–Crippen LogP) is 4.45. The van der Waals surface area contributed by atoms with Crippen molar-refractivity contribution in [3.05, 3.63) is 27.7 Å². The maximum absolute atomic E-state index is 12.6. The first-order chi connectivity index (χ1) is 14.3. The number of benzene rings is 1. The van der Waals surface area contributed by atoms with Crippen LogP contribution < -0.4 is 15.5 Å². The van der Waals surface area contributed by atoms with Crippen LogP contribution in [0.5, 0.6) is 5.75 Å². The van der Waals surface area contributed by atoms with Gasteiger partial charge in [-0.1, -0.05) is 11.6 Å². The number of hydrogen-bond donors (Lipinski definition) is 2. The highest BCUT2D eigenvalue weighted by atomic mass is 79.9. The summed E-state index contributed by atoms with van der Waals surface area (Å²) in [4.78, 5) is 24.6. The Labute approximate surface area is 190 Å². The molecule has 0 atom stereocenters. The van der Waals surface area contributed by atoms with Gasteiger partial charge in [0.2, 0.25) is 5.91 Å². The van der Waals surface area contributed by atoms with Gasteiger partial charge in [-0.3, -0.25) is 9.59 Å². The maximum atomic E-state index is 12.6. The smallest absolute Gasteiger partial charge is 0.277 e. The van der Waals surface area contributed by atoms with Gasteiger partial charge >= 0.3 is 0 Å². The molecule has 0 spiro atoms. The van der Waals surface area contributed by atoms with Crippen molar-refractivity contribution in [3.63, 3.8) is 0 Å². The Morgan fingerprint density at radius 1 is 1.17 bits per heavy atom. The Hall–Kier alpha value is -1.60. The summed E-state index contributed by atoms with van der Waals surface area (Å²) < 4.78 is 6.13. The third kappa shape index (κ3) is 5.17. The molecule has 2 amide bonds. The van der Waals surface area contributed by atoms with Gasteiger partial charge in [0.1, 0.15) is 5.75 Å². The molecule has 0 aliphatic heterocycles. The van der Waals surface area contributed by atoms with Crippen molar-refractivity contribution in [3.8, 4) is 5.75 Å². The molecule has 5 rings (SSSR count). The van der Waals surface area contributed by atoms with E-state index in [9.17, 15) is 9.59 Å². The number of ether oxygens (including phenoxy) is 1. The number of rotatable bonds is 7. The molecule has 4 bridgehead atoms. The molecule has 1 aromatic carbocycles. The molecule has 162 valence electrons. The number of hydrogen-bond acceptors (Lipinski definition) is 4. The molecule has 30 heavy (non-hydrogen) atoms. The second-order valence-electron chi connectivity index (χ2n) is 9.17. The fraction of sp³-hybridized carbons (Fsp3) is 0.591. The van der Waals surface area contributed by atoms with E-state index < -0.39 is 5.91 Å². The molecule has 0 saturated heterocycles. The van der Waals surface area contributed by atoms with Gasteiger partial charge in [0.05, 0.1) is 10.9 Å². The first-order valence-corrected chi connectivity index (χ1v) is 11.7. The number of nitrogens with one attached hydrogen (secondary N) is 2. The molecule has 0 radical (unpaired) electrons. The summed E-state index contributed by atoms with van der Waals surface area (Å²) in [7, 11) is 0. The zero-order valence-electron chi connectivity index (χ0n) is 17.0. The summed E-state index contributed by atoms with van der Waals surface area (Å²) in [6.45, 7) is 1.56. The number of halogens is 2. The SMILES string of the molecule is CC(CC(=O)NC12CC3CC(CC(C3)C1)C2)=NNC(=O)COc1ccc(Cl)cc1Br. The van der Waals surface area contributed by atoms with E-state index >= 15 is 0 Å². The van der Waals surface area contributed by atoms with Gasteiger partial charge in [-0.05, 0) is 97.3 Å². The molecule has 8 heteroatoms. The second-order valence-corrected chi connectivity index (χ2v) is 10.5. The van der Waals surface area contributed by atoms with Crippen LogP contribution in [0.25, 0.3) is 0 Å². The van der Waals surface area contributed by atoms with Gasteiger partial charge in [-0.2, -0.15) is 5.10 Å². The highest BCUT2D eigenvalue weighted by Crippen LogP contribution is 2.55. The molecular formula is C22H27BrClN3O3. The van der Waals surface area contributed by atoms with Crippen LogP contribution in [0, 0.1) is 17.8 Å². The maximum Gasteiger partial charge on any atom is 0.277 e. The van der Waals surface area contributed by atoms with Crippen LogP contribution in [0.1, 0.15) is 51.9 Å². The van der Waals surface area contributed by atoms with Crippen LogP contribution in [0.3, 0.4) is 0 Å². The molecule has 0 aromatic heterocycles. The molecule has 0 heterocycles. The Kier molecular flexibility index (Phi) is 6.39. The van der Waals surface area contributed by atoms with Crippen molar-refractivity contribution in [2.24, 2.45) is 22.9 Å². The third-order valence-corrected chi connectivity index (χ3v) is 7.34. The van der Waals surface area contributed by atoms with Crippen molar-refractivity contribution in [1.82, 2.24) is 10.7 Å². The monoisotopic (exact) mass is 495 g/mol. The van der Waals surface area contributed by atoms with E-state index in [1.54, 1.807) is 25.1 Å². The number of carbonyl (C=O) groups is 2. The summed E-state index contributed by atoms with van der Waals surface area (Å²) in [6, 6.07) is 5.06. The fourth-order valence-electron chi connectivity index (χ4n) is 5.80. The Bertz CT molecular complexity index is 838. The van der Waals surface area contributed by atoms with Crippen LogP contribution >= 0.6 is 27.5 Å². The number of nitrogens with zero attached hydrogens (tertiary/aromatic N) is 1. The molecule has 2 N–H and O–H groups in total. The topological polar surface area (TPSA) is 79.8 Å². The normalized spacial score (nSPS) is 29.6. The first kappa shape index (κ1) is 21.6. The average Bonchev–Trinajstić information content (AvgIpc) is 2.64. The van der Waals surface area contributed by atoms with Crippen molar-refractivity contribution < 1.29 is 14.3 Å². The van der Waals surface area contributed by atoms with E-state index in [0.29, 0.717) is 21.0 Å². The van der Waals surface area contributed by atoms with Crippen molar-refractivity contribution >= 4 is 45.1 Å². The van der Waals surface area contributed by atoms with Gasteiger partial charge in [0.25, 0.3) is 5.91 Å². The minimum atomic E-state index is -0.391. The van der Waals surface area contributed by atoms with E-state index in [-0.39, 0.29) is 24.5 Å².